The van der Waals surface area contributed by atoms with Crippen molar-refractivity contribution in [1.82, 2.24) is 5.32 Å². The van der Waals surface area contributed by atoms with E-state index in [1.165, 1.54) is 43.5 Å². The van der Waals surface area contributed by atoms with Crippen molar-refractivity contribution < 1.29 is 23.5 Å². The average molecular weight is 416 g/mol. The van der Waals surface area contributed by atoms with Gasteiger partial charge < -0.3 is 10.1 Å². The third kappa shape index (κ3) is 4.14. The molecule has 5 rings (SSSR count). The molecule has 4 aliphatic rings. The molecule has 0 spiro atoms. The Balaban J connectivity index is 1.37. The maximum Gasteiger partial charge on any atom is 0.329 e. The van der Waals surface area contributed by atoms with Crippen molar-refractivity contribution in [2.45, 2.75) is 58.4 Å². The lowest BCUT2D eigenvalue weighted by atomic mass is 9.49. The van der Waals surface area contributed by atoms with Crippen molar-refractivity contribution in [3.8, 4) is 0 Å². The average Bonchev–Trinajstić information content (AvgIpc) is 2.69. The van der Waals surface area contributed by atoms with Crippen LogP contribution in [0.25, 0.3) is 0 Å². The van der Waals surface area contributed by atoms with E-state index in [1.54, 1.807) is 0 Å². The van der Waals surface area contributed by atoms with E-state index < -0.39 is 30.2 Å². The first-order chi connectivity index (χ1) is 14.3. The molecule has 30 heavy (non-hydrogen) atoms. The minimum atomic E-state index is -0.786. The summed E-state index contributed by atoms with van der Waals surface area (Å²) in [6, 6.07) is 4.32. The zero-order chi connectivity index (χ0) is 21.5. The van der Waals surface area contributed by atoms with Crippen LogP contribution in [0.4, 0.5) is 4.39 Å². The van der Waals surface area contributed by atoms with Gasteiger partial charge in [-0.3, -0.25) is 9.59 Å². The third-order valence-corrected chi connectivity index (χ3v) is 7.24. The first kappa shape index (κ1) is 21.0. The first-order valence-electron chi connectivity index (χ1n) is 11.0. The zero-order valence-corrected chi connectivity index (χ0v) is 17.7. The summed E-state index contributed by atoms with van der Waals surface area (Å²) in [4.78, 5) is 38.2. The summed E-state index contributed by atoms with van der Waals surface area (Å²) in [5.41, 5.74) is -0.0607. The van der Waals surface area contributed by atoms with Crippen LogP contribution >= 0.6 is 0 Å². The van der Waals surface area contributed by atoms with E-state index in [0.29, 0.717) is 17.8 Å². The quantitative estimate of drug-likeness (QED) is 0.541. The number of ether oxygens (including phenoxy) is 1. The van der Waals surface area contributed by atoms with Crippen molar-refractivity contribution in [2.75, 3.05) is 6.61 Å². The van der Waals surface area contributed by atoms with Crippen molar-refractivity contribution in [3.05, 3.63) is 35.6 Å². The number of carbonyl (C=O) groups is 3. The minimum Gasteiger partial charge on any atom is -0.456 e. The summed E-state index contributed by atoms with van der Waals surface area (Å²) >= 11 is 0. The molecule has 0 aliphatic heterocycles. The molecule has 0 aromatic heterocycles. The maximum atomic E-state index is 13.3. The van der Waals surface area contributed by atoms with Crippen LogP contribution < -0.4 is 5.32 Å². The highest BCUT2D eigenvalue weighted by Crippen LogP contribution is 2.60. The molecule has 0 unspecified atom stereocenters. The van der Waals surface area contributed by atoms with Crippen LogP contribution in [0.2, 0.25) is 0 Å². The van der Waals surface area contributed by atoms with E-state index in [4.69, 9.17) is 4.74 Å². The summed E-state index contributed by atoms with van der Waals surface area (Å²) in [6.07, 6.45) is 6.50. The van der Waals surface area contributed by atoms with Gasteiger partial charge in [0.2, 0.25) is 5.91 Å². The molecular weight excluding hydrogens is 385 g/mol. The van der Waals surface area contributed by atoms with Gasteiger partial charge in [-0.05, 0) is 86.5 Å². The van der Waals surface area contributed by atoms with Crippen LogP contribution in [0.15, 0.2) is 24.3 Å². The molecule has 1 aromatic carbocycles. The van der Waals surface area contributed by atoms with Crippen LogP contribution in [0.3, 0.4) is 0 Å². The van der Waals surface area contributed by atoms with Gasteiger partial charge >= 0.3 is 5.97 Å². The number of carbonyl (C=O) groups excluding carboxylic acids is 3. The molecule has 162 valence electrons. The van der Waals surface area contributed by atoms with Gasteiger partial charge in [0.25, 0.3) is 0 Å². The lowest BCUT2D eigenvalue weighted by molar-refractivity contribution is -0.154. The predicted molar refractivity (Wildman–Crippen MR) is 109 cm³/mol. The molecule has 1 aromatic rings. The van der Waals surface area contributed by atoms with E-state index in [9.17, 15) is 18.8 Å². The lowest BCUT2D eigenvalue weighted by Gasteiger charge is -2.55. The molecule has 0 heterocycles. The van der Waals surface area contributed by atoms with E-state index in [0.717, 1.165) is 19.3 Å². The van der Waals surface area contributed by atoms with Gasteiger partial charge in [-0.25, -0.2) is 9.18 Å². The highest BCUT2D eigenvalue weighted by molar-refractivity contribution is 5.98. The lowest BCUT2D eigenvalue weighted by Crippen LogP contribution is -2.57. The van der Waals surface area contributed by atoms with Gasteiger partial charge in [-0.2, -0.15) is 0 Å². The smallest absolute Gasteiger partial charge is 0.329 e. The highest BCUT2D eigenvalue weighted by Gasteiger charge is 2.55. The summed E-state index contributed by atoms with van der Waals surface area (Å²) < 4.78 is 18.2. The monoisotopic (exact) mass is 415 g/mol. The largest absolute Gasteiger partial charge is 0.456 e. The number of benzene rings is 1. The van der Waals surface area contributed by atoms with Crippen LogP contribution in [-0.2, 0) is 14.3 Å². The Hall–Kier alpha value is -2.24. The third-order valence-electron chi connectivity index (χ3n) is 7.24. The summed E-state index contributed by atoms with van der Waals surface area (Å²) in [5.74, 6) is 0.297. The molecule has 1 atom stereocenters. The van der Waals surface area contributed by atoms with Crippen LogP contribution in [0.5, 0.6) is 0 Å². The Morgan fingerprint density at radius 1 is 1.03 bits per heavy atom. The van der Waals surface area contributed by atoms with Crippen molar-refractivity contribution in [1.29, 1.82) is 0 Å². The Morgan fingerprint density at radius 2 is 1.57 bits per heavy atom. The molecule has 4 aliphatic carbocycles. The number of amides is 1. The second-order valence-electron chi connectivity index (χ2n) is 9.93. The normalized spacial score (nSPS) is 30.2. The molecule has 4 bridgehead atoms. The highest BCUT2D eigenvalue weighted by atomic mass is 19.1. The summed E-state index contributed by atoms with van der Waals surface area (Å²) in [5, 5.41) is 2.97. The Morgan fingerprint density at radius 3 is 2.07 bits per heavy atom. The summed E-state index contributed by atoms with van der Waals surface area (Å²) in [7, 11) is 0. The van der Waals surface area contributed by atoms with Crippen LogP contribution in [-0.4, -0.2) is 30.3 Å². The maximum absolute atomic E-state index is 13.3. The predicted octanol–water partition coefficient (Wildman–Crippen LogP) is 3.91. The molecule has 4 saturated carbocycles. The van der Waals surface area contributed by atoms with E-state index in [1.807, 2.05) is 13.8 Å². The van der Waals surface area contributed by atoms with E-state index in [-0.39, 0.29) is 22.8 Å². The van der Waals surface area contributed by atoms with Gasteiger partial charge in [-0.15, -0.1) is 0 Å². The fourth-order valence-electron chi connectivity index (χ4n) is 6.13. The number of hydrogen-bond donors (Lipinski definition) is 1. The van der Waals surface area contributed by atoms with Gasteiger partial charge in [0, 0.05) is 11.0 Å². The molecule has 0 radical (unpaired) electrons. The Labute approximate surface area is 176 Å². The van der Waals surface area contributed by atoms with Gasteiger partial charge in [0.05, 0.1) is 0 Å². The SMILES string of the molecule is CC(C)[C@H](NC(=O)C12CC3CC(CC(C3)C1)C2)C(=O)OCC(=O)c1ccc(F)cc1. The molecular formula is C24H30FNO4. The molecule has 1 amide bonds. The Bertz CT molecular complexity index is 797. The molecule has 5 nitrogen and oxygen atoms in total. The van der Waals surface area contributed by atoms with Gasteiger partial charge in [0.15, 0.2) is 12.4 Å². The van der Waals surface area contributed by atoms with Crippen LogP contribution in [0, 0.1) is 34.9 Å². The number of nitrogens with one attached hydrogen (secondary N) is 1. The first-order valence-corrected chi connectivity index (χ1v) is 11.0. The molecule has 6 heteroatoms. The van der Waals surface area contributed by atoms with E-state index >= 15 is 0 Å². The topological polar surface area (TPSA) is 72.5 Å². The number of esters is 1. The fraction of sp³-hybridized carbons (Fsp3) is 0.625. The number of halogens is 1. The van der Waals surface area contributed by atoms with Crippen molar-refractivity contribution in [2.24, 2.45) is 29.1 Å². The second-order valence-corrected chi connectivity index (χ2v) is 9.93. The standard InChI is InChI=1S/C24H30FNO4/c1-14(2)21(22(28)30-13-20(27)18-3-5-19(25)6-4-18)26-23(29)24-10-15-7-16(11-24)9-17(8-15)12-24/h3-6,14-17,21H,7-13H2,1-2H3,(H,26,29)/t15?,16?,17?,21-,24?/m0/s1. The van der Waals surface area contributed by atoms with E-state index in [2.05, 4.69) is 5.32 Å². The number of hydrogen-bond acceptors (Lipinski definition) is 4. The zero-order valence-electron chi connectivity index (χ0n) is 17.7. The molecule has 4 fully saturated rings. The molecule has 1 N–H and O–H groups in total. The summed E-state index contributed by atoms with van der Waals surface area (Å²) in [6.45, 7) is 3.28. The fourth-order valence-corrected chi connectivity index (χ4v) is 6.13. The second kappa shape index (κ2) is 8.12. The molecule has 0 saturated heterocycles. The number of rotatable bonds is 7. The van der Waals surface area contributed by atoms with Crippen molar-refractivity contribution >= 4 is 17.7 Å². The minimum absolute atomic E-state index is 0.0258. The Kier molecular flexibility index (Phi) is 5.69. The van der Waals surface area contributed by atoms with Gasteiger partial charge in [0.1, 0.15) is 11.9 Å². The number of Topliss-reactive ketones (excluding diaryl/α,β-unsaturated/α-hetero) is 1. The van der Waals surface area contributed by atoms with Crippen molar-refractivity contribution in [3.63, 3.8) is 0 Å². The van der Waals surface area contributed by atoms with Gasteiger partial charge in [-0.1, -0.05) is 13.8 Å². The van der Waals surface area contributed by atoms with Crippen LogP contribution in [0.1, 0.15) is 62.7 Å². The number of ketones is 1.